The fourth-order valence-electron chi connectivity index (χ4n) is 1.48. The van der Waals surface area contributed by atoms with Gasteiger partial charge in [-0.05, 0) is 11.1 Å². The molecule has 4 heteroatoms. The minimum Gasteiger partial charge on any atom is -0.481 e. The topological polar surface area (TPSA) is 74.6 Å². The summed E-state index contributed by atoms with van der Waals surface area (Å²) in [4.78, 5) is 19.3. The molecule has 0 heterocycles. The number of hydrogen-bond acceptors (Lipinski definition) is 2. The Morgan fingerprint density at radius 2 is 0.950 bits per heavy atom. The van der Waals surface area contributed by atoms with E-state index < -0.39 is 11.9 Å². The van der Waals surface area contributed by atoms with Crippen molar-refractivity contribution in [1.82, 2.24) is 0 Å². The van der Waals surface area contributed by atoms with Crippen molar-refractivity contribution >= 4 is 11.9 Å². The van der Waals surface area contributed by atoms with Crippen molar-refractivity contribution in [2.24, 2.45) is 0 Å². The van der Waals surface area contributed by atoms with E-state index in [1.165, 1.54) is 11.1 Å². The molecule has 0 saturated heterocycles. The molecule has 0 aromatic heterocycles. The second kappa shape index (κ2) is 8.48. The normalized spacial score (nSPS) is 9.20. The second-order valence-electron chi connectivity index (χ2n) is 4.02. The van der Waals surface area contributed by atoms with Gasteiger partial charge in [0, 0.05) is 0 Å². The maximum Gasteiger partial charge on any atom is 0.303 e. The maximum absolute atomic E-state index is 9.64. The molecule has 0 aliphatic carbocycles. The summed E-state index contributed by atoms with van der Waals surface area (Å²) in [7, 11) is 0. The van der Waals surface area contributed by atoms with E-state index >= 15 is 0 Å². The Morgan fingerprint density at radius 3 is 1.20 bits per heavy atom. The highest BCUT2D eigenvalue weighted by atomic mass is 16.4. The molecule has 0 spiro atoms. The Bertz CT molecular complexity index is 483. The average molecular weight is 272 g/mol. The zero-order chi connectivity index (χ0) is 14.8. The minimum absolute atomic E-state index is 0.296. The molecule has 0 aliphatic rings. The summed E-state index contributed by atoms with van der Waals surface area (Å²) in [5.74, 6) is -2.15. The number of rotatable bonds is 4. The van der Waals surface area contributed by atoms with Crippen LogP contribution in [0.5, 0.6) is 0 Å². The van der Waals surface area contributed by atoms with E-state index in [1.807, 2.05) is 12.1 Å². The predicted octanol–water partition coefficient (Wildman–Crippen LogP) is 3.29. The lowest BCUT2D eigenvalue weighted by Gasteiger charge is -1.98. The van der Waals surface area contributed by atoms with Crippen LogP contribution >= 0.6 is 0 Å². The number of aliphatic carboxylic acids is 2. The van der Waals surface area contributed by atoms with Crippen LogP contribution in [0.2, 0.25) is 0 Å². The first kappa shape index (κ1) is 15.4. The molecule has 2 N–H and O–H groups in total. The van der Waals surface area contributed by atoms with Crippen LogP contribution in [0.1, 0.15) is 12.8 Å². The highest BCUT2D eigenvalue weighted by Gasteiger charge is 2.00. The van der Waals surface area contributed by atoms with Gasteiger partial charge >= 0.3 is 11.9 Å². The summed E-state index contributed by atoms with van der Waals surface area (Å²) >= 11 is 0. The van der Waals surface area contributed by atoms with E-state index in [0.717, 1.165) is 0 Å². The van der Waals surface area contributed by atoms with Crippen molar-refractivity contribution in [2.75, 3.05) is 0 Å². The van der Waals surface area contributed by atoms with E-state index in [0.29, 0.717) is 0 Å². The molecular formula is C16H16O4. The summed E-state index contributed by atoms with van der Waals surface area (Å²) in [6.07, 6.45) is -0.593. The zero-order valence-corrected chi connectivity index (χ0v) is 10.9. The van der Waals surface area contributed by atoms with Gasteiger partial charge in [-0.15, -0.1) is 0 Å². The third-order valence-corrected chi connectivity index (χ3v) is 2.43. The zero-order valence-electron chi connectivity index (χ0n) is 10.9. The van der Waals surface area contributed by atoms with Gasteiger partial charge in [0.2, 0.25) is 0 Å². The van der Waals surface area contributed by atoms with Crippen molar-refractivity contribution in [3.8, 4) is 11.1 Å². The molecule has 2 aromatic rings. The SMILES string of the molecule is O=C(O)CCC(=O)O.c1ccc(-c2ccccc2)cc1. The van der Waals surface area contributed by atoms with Crippen LogP contribution in [0.4, 0.5) is 0 Å². The lowest BCUT2D eigenvalue weighted by atomic mass is 10.1. The lowest BCUT2D eigenvalue weighted by molar-refractivity contribution is -0.143. The molecular weight excluding hydrogens is 256 g/mol. The third kappa shape index (κ3) is 6.35. The van der Waals surface area contributed by atoms with Gasteiger partial charge in [-0.2, -0.15) is 0 Å². The van der Waals surface area contributed by atoms with E-state index in [4.69, 9.17) is 10.2 Å². The van der Waals surface area contributed by atoms with Gasteiger partial charge in [0.1, 0.15) is 0 Å². The summed E-state index contributed by atoms with van der Waals surface area (Å²) in [5.41, 5.74) is 2.55. The first-order valence-corrected chi connectivity index (χ1v) is 6.13. The van der Waals surface area contributed by atoms with E-state index in [2.05, 4.69) is 48.5 Å². The molecule has 0 fully saturated rings. The Morgan fingerprint density at radius 1 is 0.650 bits per heavy atom. The summed E-state index contributed by atoms with van der Waals surface area (Å²) < 4.78 is 0. The largest absolute Gasteiger partial charge is 0.481 e. The van der Waals surface area contributed by atoms with Crippen molar-refractivity contribution in [3.63, 3.8) is 0 Å². The Kier molecular flexibility index (Phi) is 6.54. The maximum atomic E-state index is 9.64. The summed E-state index contributed by atoms with van der Waals surface area (Å²) in [6.45, 7) is 0. The van der Waals surface area contributed by atoms with E-state index in [1.54, 1.807) is 0 Å². The van der Waals surface area contributed by atoms with Crippen LogP contribution in [0.3, 0.4) is 0 Å². The number of carboxylic acids is 2. The van der Waals surface area contributed by atoms with Gasteiger partial charge in [0.25, 0.3) is 0 Å². The Balaban J connectivity index is 0.000000221. The highest BCUT2D eigenvalue weighted by molar-refractivity contribution is 5.75. The van der Waals surface area contributed by atoms with Crippen molar-refractivity contribution in [1.29, 1.82) is 0 Å². The van der Waals surface area contributed by atoms with Gasteiger partial charge in [0.05, 0.1) is 12.8 Å². The van der Waals surface area contributed by atoms with Crippen LogP contribution in [-0.2, 0) is 9.59 Å². The first-order chi connectivity index (χ1) is 9.59. The fraction of sp³-hybridized carbons (Fsp3) is 0.125. The number of benzene rings is 2. The molecule has 4 nitrogen and oxygen atoms in total. The molecule has 0 amide bonds. The quantitative estimate of drug-likeness (QED) is 0.895. The van der Waals surface area contributed by atoms with E-state index in [-0.39, 0.29) is 12.8 Å². The average Bonchev–Trinajstić information content (AvgIpc) is 2.48. The molecule has 104 valence electrons. The molecule has 0 radical (unpaired) electrons. The fourth-order valence-corrected chi connectivity index (χ4v) is 1.48. The molecule has 0 bridgehead atoms. The predicted molar refractivity (Wildman–Crippen MR) is 76.4 cm³/mol. The van der Waals surface area contributed by atoms with Gasteiger partial charge in [-0.1, -0.05) is 60.7 Å². The van der Waals surface area contributed by atoms with Gasteiger partial charge in [0.15, 0.2) is 0 Å². The molecule has 2 rings (SSSR count). The smallest absolute Gasteiger partial charge is 0.303 e. The molecule has 0 saturated carbocycles. The van der Waals surface area contributed by atoms with Crippen molar-refractivity contribution in [3.05, 3.63) is 60.7 Å². The molecule has 0 atom stereocenters. The number of carboxylic acid groups (broad SMARTS) is 2. The summed E-state index contributed by atoms with van der Waals surface area (Å²) in [5, 5.41) is 15.8. The molecule has 20 heavy (non-hydrogen) atoms. The molecule has 2 aromatic carbocycles. The monoisotopic (exact) mass is 272 g/mol. The highest BCUT2D eigenvalue weighted by Crippen LogP contribution is 2.17. The van der Waals surface area contributed by atoms with E-state index in [9.17, 15) is 9.59 Å². The van der Waals surface area contributed by atoms with Gasteiger partial charge in [-0.3, -0.25) is 9.59 Å². The van der Waals surface area contributed by atoms with Crippen LogP contribution in [0, 0.1) is 0 Å². The number of hydrogen-bond donors (Lipinski definition) is 2. The van der Waals surface area contributed by atoms with Crippen LogP contribution in [0.15, 0.2) is 60.7 Å². The van der Waals surface area contributed by atoms with Crippen molar-refractivity contribution < 1.29 is 19.8 Å². The lowest BCUT2D eigenvalue weighted by Crippen LogP contribution is -2.00. The third-order valence-electron chi connectivity index (χ3n) is 2.43. The molecule has 0 aliphatic heterocycles. The van der Waals surface area contributed by atoms with Crippen molar-refractivity contribution in [2.45, 2.75) is 12.8 Å². The van der Waals surface area contributed by atoms with Crippen LogP contribution < -0.4 is 0 Å². The van der Waals surface area contributed by atoms with Crippen LogP contribution in [-0.4, -0.2) is 22.2 Å². The Labute approximate surface area is 117 Å². The first-order valence-electron chi connectivity index (χ1n) is 6.13. The van der Waals surface area contributed by atoms with Gasteiger partial charge < -0.3 is 10.2 Å². The number of carbonyl (C=O) groups is 2. The van der Waals surface area contributed by atoms with Crippen LogP contribution in [0.25, 0.3) is 11.1 Å². The standard InChI is InChI=1S/C12H10.C4H6O4/c1-3-7-11(8-4-1)12-9-5-2-6-10-12;5-3(6)1-2-4(7)8/h1-10H;1-2H2,(H,5,6)(H,7,8). The molecule has 0 unspecified atom stereocenters. The van der Waals surface area contributed by atoms with Gasteiger partial charge in [-0.25, -0.2) is 0 Å². The second-order valence-corrected chi connectivity index (χ2v) is 4.02. The Hall–Kier alpha value is -2.62. The summed E-state index contributed by atoms with van der Waals surface area (Å²) in [6, 6.07) is 20.8. The minimum atomic E-state index is -1.08.